The van der Waals surface area contributed by atoms with Crippen LogP contribution in [-0.4, -0.2) is 56.7 Å². The van der Waals surface area contributed by atoms with E-state index in [2.05, 4.69) is 29.9 Å². The minimum absolute atomic E-state index is 0.0180. The third kappa shape index (κ3) is 5.76. The first-order valence-electron chi connectivity index (χ1n) is 13.4. The van der Waals surface area contributed by atoms with Crippen LogP contribution in [0.15, 0.2) is 78.0 Å². The van der Waals surface area contributed by atoms with Gasteiger partial charge in [-0.3, -0.25) is 4.72 Å². The number of halogens is 2. The van der Waals surface area contributed by atoms with Gasteiger partial charge in [0.05, 0.1) is 12.6 Å². The fourth-order valence-corrected chi connectivity index (χ4v) is 6.08. The zero-order chi connectivity index (χ0) is 30.1. The smallest absolute Gasteiger partial charge is 0.264 e. The first-order valence-corrected chi connectivity index (χ1v) is 14.8. The van der Waals surface area contributed by atoms with Gasteiger partial charge in [-0.15, -0.1) is 0 Å². The minimum atomic E-state index is -4.43. The molecule has 0 atom stereocenters. The number of fused-ring (bicyclic) bond motifs is 1. The zero-order valence-electron chi connectivity index (χ0n) is 23.0. The fraction of sp³-hybridized carbons (Fsp3) is 0.167. The molecule has 0 spiro atoms. The predicted molar refractivity (Wildman–Crippen MR) is 161 cm³/mol. The molecule has 1 aliphatic rings. The number of benzene rings is 2. The summed E-state index contributed by atoms with van der Waals surface area (Å²) in [6, 6.07) is 15.1. The molecule has 0 radical (unpaired) electrons. The van der Waals surface area contributed by atoms with Crippen molar-refractivity contribution in [2.45, 2.75) is 4.90 Å². The van der Waals surface area contributed by atoms with Gasteiger partial charge in [-0.1, -0.05) is 6.07 Å². The number of anilines is 3. The maximum absolute atomic E-state index is 14.3. The topological polar surface area (TPSA) is 135 Å². The Morgan fingerprint density at radius 1 is 0.930 bits per heavy atom. The molecule has 6 rings (SSSR count). The van der Waals surface area contributed by atoms with E-state index in [9.17, 15) is 17.2 Å². The van der Waals surface area contributed by atoms with Crippen LogP contribution in [0.4, 0.5) is 26.1 Å². The van der Waals surface area contributed by atoms with Crippen LogP contribution in [0.2, 0.25) is 0 Å². The SMILES string of the molecule is COc1ncc(-c2ccc3nc(N)c(-c4ccc(N5CCNCC5)nc4)cc3c2)cc1NS(=O)(=O)c1ccc(F)cc1F. The van der Waals surface area contributed by atoms with Crippen molar-refractivity contribution in [3.63, 3.8) is 0 Å². The van der Waals surface area contributed by atoms with Gasteiger partial charge in [0.1, 0.15) is 33.9 Å². The van der Waals surface area contributed by atoms with E-state index in [0.717, 1.165) is 60.6 Å². The molecule has 220 valence electrons. The van der Waals surface area contributed by atoms with Gasteiger partial charge in [0, 0.05) is 66.7 Å². The van der Waals surface area contributed by atoms with E-state index in [1.54, 1.807) is 18.3 Å². The number of pyridine rings is 3. The quantitative estimate of drug-likeness (QED) is 0.247. The molecular weight excluding hydrogens is 576 g/mol. The van der Waals surface area contributed by atoms with Gasteiger partial charge < -0.3 is 20.7 Å². The number of nitrogen functional groups attached to an aromatic ring is 1. The molecule has 1 aliphatic heterocycles. The maximum Gasteiger partial charge on any atom is 0.264 e. The first kappa shape index (κ1) is 28.2. The van der Waals surface area contributed by atoms with Crippen LogP contribution in [-0.2, 0) is 10.0 Å². The monoisotopic (exact) mass is 603 g/mol. The maximum atomic E-state index is 14.3. The van der Waals surface area contributed by atoms with Gasteiger partial charge in [-0.05, 0) is 54.1 Å². The molecule has 2 aromatic carbocycles. The minimum Gasteiger partial charge on any atom is -0.480 e. The lowest BCUT2D eigenvalue weighted by atomic mass is 10.0. The third-order valence-electron chi connectivity index (χ3n) is 7.15. The van der Waals surface area contributed by atoms with Crippen LogP contribution >= 0.6 is 0 Å². The summed E-state index contributed by atoms with van der Waals surface area (Å²) in [6.45, 7) is 3.61. The first-order chi connectivity index (χ1) is 20.7. The lowest BCUT2D eigenvalue weighted by Crippen LogP contribution is -2.43. The number of rotatable bonds is 7. The van der Waals surface area contributed by atoms with Crippen molar-refractivity contribution in [3.8, 4) is 28.1 Å². The largest absolute Gasteiger partial charge is 0.480 e. The number of nitrogens with zero attached hydrogens (tertiary/aromatic N) is 4. The van der Waals surface area contributed by atoms with Crippen LogP contribution in [0.1, 0.15) is 0 Å². The zero-order valence-corrected chi connectivity index (χ0v) is 23.8. The molecule has 0 amide bonds. The number of nitrogens with two attached hydrogens (primary N) is 1. The van der Waals surface area contributed by atoms with Crippen LogP contribution in [0.5, 0.6) is 5.88 Å². The molecule has 0 aliphatic carbocycles. The van der Waals surface area contributed by atoms with Crippen LogP contribution in [0, 0.1) is 11.6 Å². The average Bonchev–Trinajstić information content (AvgIpc) is 3.00. The highest BCUT2D eigenvalue weighted by atomic mass is 32.2. The summed E-state index contributed by atoms with van der Waals surface area (Å²) in [5.41, 5.74) is 9.80. The van der Waals surface area contributed by atoms with Gasteiger partial charge in [-0.25, -0.2) is 32.2 Å². The van der Waals surface area contributed by atoms with Crippen molar-refractivity contribution in [2.75, 3.05) is 48.6 Å². The fourth-order valence-electron chi connectivity index (χ4n) is 4.97. The summed E-state index contributed by atoms with van der Waals surface area (Å²) in [7, 11) is -3.10. The van der Waals surface area contributed by atoms with Crippen molar-refractivity contribution in [2.24, 2.45) is 0 Å². The highest BCUT2D eigenvalue weighted by Crippen LogP contribution is 2.34. The Kier molecular flexibility index (Phi) is 7.50. The molecule has 10 nitrogen and oxygen atoms in total. The Morgan fingerprint density at radius 2 is 1.70 bits per heavy atom. The molecule has 4 N–H and O–H groups in total. The summed E-state index contributed by atoms with van der Waals surface area (Å²) >= 11 is 0. The molecule has 1 fully saturated rings. The van der Waals surface area contributed by atoms with Crippen molar-refractivity contribution in [1.82, 2.24) is 20.3 Å². The number of hydrogen-bond acceptors (Lipinski definition) is 9. The molecule has 13 heteroatoms. The van der Waals surface area contributed by atoms with Gasteiger partial charge >= 0.3 is 0 Å². The lowest BCUT2D eigenvalue weighted by molar-refractivity contribution is 0.400. The van der Waals surface area contributed by atoms with E-state index in [0.29, 0.717) is 28.5 Å². The van der Waals surface area contributed by atoms with E-state index in [1.165, 1.54) is 19.4 Å². The summed E-state index contributed by atoms with van der Waals surface area (Å²) < 4.78 is 61.1. The van der Waals surface area contributed by atoms with E-state index in [1.807, 2.05) is 24.3 Å². The van der Waals surface area contributed by atoms with E-state index in [-0.39, 0.29) is 11.6 Å². The molecule has 43 heavy (non-hydrogen) atoms. The van der Waals surface area contributed by atoms with Crippen molar-refractivity contribution < 1.29 is 21.9 Å². The molecular formula is C30H27F2N7O3S. The Hall–Kier alpha value is -4.88. The number of sulfonamides is 1. The summed E-state index contributed by atoms with van der Waals surface area (Å²) in [5.74, 6) is -0.865. The molecule has 3 aromatic heterocycles. The molecule has 5 aromatic rings. The highest BCUT2D eigenvalue weighted by molar-refractivity contribution is 7.92. The molecule has 0 bridgehead atoms. The second-order valence-corrected chi connectivity index (χ2v) is 11.6. The summed E-state index contributed by atoms with van der Waals surface area (Å²) in [4.78, 5) is 15.0. The number of aromatic nitrogens is 3. The number of piperazine rings is 1. The van der Waals surface area contributed by atoms with Gasteiger partial charge in [-0.2, -0.15) is 0 Å². The predicted octanol–water partition coefficient (Wildman–Crippen LogP) is 4.44. The number of methoxy groups -OCH3 is 1. The second kappa shape index (κ2) is 11.4. The van der Waals surface area contributed by atoms with Crippen LogP contribution in [0.3, 0.4) is 0 Å². The van der Waals surface area contributed by atoms with Gasteiger partial charge in [0.25, 0.3) is 10.0 Å². The molecule has 4 heterocycles. The molecule has 0 unspecified atom stereocenters. The third-order valence-corrected chi connectivity index (χ3v) is 8.55. The Bertz CT molecular complexity index is 1930. The average molecular weight is 604 g/mol. The Balaban J connectivity index is 1.33. The molecule has 0 saturated carbocycles. The highest BCUT2D eigenvalue weighted by Gasteiger charge is 2.22. The van der Waals surface area contributed by atoms with Crippen LogP contribution in [0.25, 0.3) is 33.2 Å². The normalized spacial score (nSPS) is 13.7. The van der Waals surface area contributed by atoms with Crippen molar-refractivity contribution in [1.29, 1.82) is 0 Å². The summed E-state index contributed by atoms with van der Waals surface area (Å²) in [6.07, 6.45) is 3.32. The number of ether oxygens (including phenoxy) is 1. The van der Waals surface area contributed by atoms with Gasteiger partial charge in [0.2, 0.25) is 5.88 Å². The van der Waals surface area contributed by atoms with E-state index < -0.39 is 26.6 Å². The Morgan fingerprint density at radius 3 is 2.42 bits per heavy atom. The standard InChI is InChI=1S/C30H27F2N7O3S/c1-42-30-26(38-43(40,41)27-6-4-22(31)15-24(27)32)14-21(17-36-30)18-2-5-25-20(12-18)13-23(29(33)37-25)19-3-7-28(35-16-19)39-10-8-34-9-11-39/h2-7,12-17,34,38H,8-11H2,1H3,(H2,33,37). The lowest BCUT2D eigenvalue weighted by Gasteiger charge is -2.28. The summed E-state index contributed by atoms with van der Waals surface area (Å²) in [5, 5.41) is 4.12. The Labute approximate surface area is 246 Å². The second-order valence-electron chi connectivity index (χ2n) is 9.93. The van der Waals surface area contributed by atoms with Crippen molar-refractivity contribution in [3.05, 3.63) is 84.7 Å². The van der Waals surface area contributed by atoms with Gasteiger partial charge in [0.15, 0.2) is 0 Å². The number of nitrogens with one attached hydrogen (secondary N) is 2. The molecule has 1 saturated heterocycles. The number of hydrogen-bond donors (Lipinski definition) is 3. The van der Waals surface area contributed by atoms with Crippen LogP contribution < -0.4 is 25.4 Å². The van der Waals surface area contributed by atoms with E-state index in [4.69, 9.17) is 10.5 Å². The van der Waals surface area contributed by atoms with Crippen molar-refractivity contribution >= 4 is 38.2 Å². The van der Waals surface area contributed by atoms with E-state index >= 15 is 0 Å².